The standard InChI is InChI=1S/C5H8BrN3/c1-4-7-8-5(3-6)9(4)2/h3H2,1-2H3. The first kappa shape index (κ1) is 6.74. The minimum atomic E-state index is 0.768. The van der Waals surface area contributed by atoms with Crippen LogP contribution in [0.15, 0.2) is 0 Å². The van der Waals surface area contributed by atoms with Gasteiger partial charge in [-0.25, -0.2) is 0 Å². The third-order valence-corrected chi connectivity index (χ3v) is 1.80. The minimum absolute atomic E-state index is 0.768. The molecular weight excluding hydrogens is 182 g/mol. The number of halogens is 1. The van der Waals surface area contributed by atoms with Crippen molar-refractivity contribution in [3.05, 3.63) is 11.6 Å². The maximum Gasteiger partial charge on any atom is 0.143 e. The normalized spacial score (nSPS) is 10.1. The molecule has 1 rings (SSSR count). The van der Waals surface area contributed by atoms with Gasteiger partial charge >= 0.3 is 0 Å². The van der Waals surface area contributed by atoms with Crippen molar-refractivity contribution in [3.63, 3.8) is 0 Å². The van der Waals surface area contributed by atoms with Gasteiger partial charge in [-0.1, -0.05) is 15.9 Å². The molecule has 4 heteroatoms. The summed E-state index contributed by atoms with van der Waals surface area (Å²) in [4.78, 5) is 0. The molecule has 0 bridgehead atoms. The second-order valence-electron chi connectivity index (χ2n) is 1.86. The number of hydrogen-bond donors (Lipinski definition) is 0. The van der Waals surface area contributed by atoms with Gasteiger partial charge in [-0.15, -0.1) is 10.2 Å². The molecule has 0 spiro atoms. The summed E-state index contributed by atoms with van der Waals surface area (Å²) in [6, 6.07) is 0. The maximum absolute atomic E-state index is 3.90. The Morgan fingerprint density at radius 2 is 2.22 bits per heavy atom. The second kappa shape index (κ2) is 2.47. The number of rotatable bonds is 1. The van der Waals surface area contributed by atoms with Gasteiger partial charge in [0, 0.05) is 7.05 Å². The summed E-state index contributed by atoms with van der Waals surface area (Å²) in [6.07, 6.45) is 0. The highest BCUT2D eigenvalue weighted by molar-refractivity contribution is 9.08. The molecule has 3 nitrogen and oxygen atoms in total. The molecular formula is C5H8BrN3. The molecule has 0 N–H and O–H groups in total. The van der Waals surface area contributed by atoms with Gasteiger partial charge in [0.15, 0.2) is 0 Å². The predicted molar refractivity (Wildman–Crippen MR) is 38.4 cm³/mol. The average molecular weight is 190 g/mol. The van der Waals surface area contributed by atoms with E-state index in [0.717, 1.165) is 17.0 Å². The molecule has 0 aromatic carbocycles. The summed E-state index contributed by atoms with van der Waals surface area (Å²) in [6.45, 7) is 1.93. The van der Waals surface area contributed by atoms with Crippen molar-refractivity contribution in [2.24, 2.45) is 7.05 Å². The SMILES string of the molecule is Cc1nnc(CBr)n1C. The Balaban J connectivity index is 3.04. The molecule has 0 saturated carbocycles. The van der Waals surface area contributed by atoms with Gasteiger partial charge in [0.05, 0.1) is 5.33 Å². The van der Waals surface area contributed by atoms with Crippen LogP contribution in [0.25, 0.3) is 0 Å². The molecule has 0 unspecified atom stereocenters. The third-order valence-electron chi connectivity index (χ3n) is 1.30. The van der Waals surface area contributed by atoms with Crippen LogP contribution in [0.5, 0.6) is 0 Å². The van der Waals surface area contributed by atoms with Crippen LogP contribution in [0.4, 0.5) is 0 Å². The van der Waals surface area contributed by atoms with Crippen LogP contribution in [-0.4, -0.2) is 14.8 Å². The Morgan fingerprint density at radius 3 is 2.44 bits per heavy atom. The van der Waals surface area contributed by atoms with Crippen molar-refractivity contribution in [2.75, 3.05) is 0 Å². The predicted octanol–water partition coefficient (Wildman–Crippen LogP) is 1.02. The van der Waals surface area contributed by atoms with E-state index >= 15 is 0 Å². The summed E-state index contributed by atoms with van der Waals surface area (Å²) in [7, 11) is 1.95. The number of aromatic nitrogens is 3. The van der Waals surface area contributed by atoms with Crippen LogP contribution in [0.3, 0.4) is 0 Å². The molecule has 0 radical (unpaired) electrons. The Hall–Kier alpha value is -0.380. The molecule has 0 fully saturated rings. The van der Waals surface area contributed by atoms with Gasteiger partial charge in [-0.3, -0.25) is 0 Å². The van der Waals surface area contributed by atoms with E-state index in [1.165, 1.54) is 0 Å². The van der Waals surface area contributed by atoms with Crippen molar-refractivity contribution in [1.29, 1.82) is 0 Å². The van der Waals surface area contributed by atoms with E-state index < -0.39 is 0 Å². The van der Waals surface area contributed by atoms with Gasteiger partial charge in [0.25, 0.3) is 0 Å². The first-order valence-corrected chi connectivity index (χ1v) is 3.78. The Labute approximate surface area is 62.2 Å². The zero-order valence-corrected chi connectivity index (χ0v) is 7.01. The summed E-state index contributed by atoms with van der Waals surface area (Å²) in [5.74, 6) is 1.91. The molecule has 1 aromatic rings. The molecule has 0 atom stereocenters. The van der Waals surface area contributed by atoms with Gasteiger partial charge in [0.2, 0.25) is 0 Å². The maximum atomic E-state index is 3.90. The van der Waals surface area contributed by atoms with Crippen LogP contribution in [0.1, 0.15) is 11.6 Å². The second-order valence-corrected chi connectivity index (χ2v) is 2.42. The van der Waals surface area contributed by atoms with Crippen molar-refractivity contribution >= 4 is 15.9 Å². The first-order valence-electron chi connectivity index (χ1n) is 2.66. The lowest BCUT2D eigenvalue weighted by atomic mass is 10.6. The fourth-order valence-electron chi connectivity index (χ4n) is 0.567. The van der Waals surface area contributed by atoms with Crippen LogP contribution >= 0.6 is 15.9 Å². The van der Waals surface area contributed by atoms with E-state index in [0.29, 0.717) is 0 Å². The fraction of sp³-hybridized carbons (Fsp3) is 0.600. The molecule has 0 aliphatic heterocycles. The highest BCUT2D eigenvalue weighted by Crippen LogP contribution is 2.01. The van der Waals surface area contributed by atoms with Gasteiger partial charge in [0.1, 0.15) is 11.6 Å². The van der Waals surface area contributed by atoms with Crippen LogP contribution in [0, 0.1) is 6.92 Å². The number of nitrogens with zero attached hydrogens (tertiary/aromatic N) is 3. The lowest BCUT2D eigenvalue weighted by Crippen LogP contribution is -1.95. The van der Waals surface area contributed by atoms with E-state index in [2.05, 4.69) is 26.1 Å². The molecule has 1 aromatic heterocycles. The first-order chi connectivity index (χ1) is 4.25. The molecule has 0 aliphatic rings. The van der Waals surface area contributed by atoms with Crippen molar-refractivity contribution in [2.45, 2.75) is 12.3 Å². The molecule has 0 saturated heterocycles. The average Bonchev–Trinajstić information content (AvgIpc) is 2.15. The van der Waals surface area contributed by atoms with Crippen molar-refractivity contribution in [3.8, 4) is 0 Å². The summed E-state index contributed by atoms with van der Waals surface area (Å²) >= 11 is 3.30. The van der Waals surface area contributed by atoms with Crippen molar-refractivity contribution < 1.29 is 0 Å². The Kier molecular flexibility index (Phi) is 1.85. The zero-order chi connectivity index (χ0) is 6.85. The molecule has 1 heterocycles. The third kappa shape index (κ3) is 1.13. The van der Waals surface area contributed by atoms with Gasteiger partial charge in [-0.05, 0) is 6.92 Å². The van der Waals surface area contributed by atoms with E-state index in [1.807, 2.05) is 18.5 Å². The summed E-state index contributed by atoms with van der Waals surface area (Å²) in [5.41, 5.74) is 0. The lowest BCUT2D eigenvalue weighted by Gasteiger charge is -1.93. The van der Waals surface area contributed by atoms with E-state index in [4.69, 9.17) is 0 Å². The summed E-state index contributed by atoms with van der Waals surface area (Å²) < 4.78 is 1.95. The van der Waals surface area contributed by atoms with Crippen molar-refractivity contribution in [1.82, 2.24) is 14.8 Å². The largest absolute Gasteiger partial charge is 0.318 e. The number of alkyl halides is 1. The van der Waals surface area contributed by atoms with E-state index in [-0.39, 0.29) is 0 Å². The highest BCUT2D eigenvalue weighted by Gasteiger charge is 2.00. The molecule has 50 valence electrons. The lowest BCUT2D eigenvalue weighted by molar-refractivity contribution is 0.819. The topological polar surface area (TPSA) is 30.7 Å². The monoisotopic (exact) mass is 189 g/mol. The summed E-state index contributed by atoms with van der Waals surface area (Å²) in [5, 5.41) is 8.54. The number of hydrogen-bond acceptors (Lipinski definition) is 2. The molecule has 9 heavy (non-hydrogen) atoms. The Morgan fingerprint density at radius 1 is 1.56 bits per heavy atom. The Bertz CT molecular complexity index is 206. The van der Waals surface area contributed by atoms with Crippen LogP contribution in [-0.2, 0) is 12.4 Å². The van der Waals surface area contributed by atoms with E-state index in [1.54, 1.807) is 0 Å². The molecule has 0 aliphatic carbocycles. The number of aryl methyl sites for hydroxylation is 1. The smallest absolute Gasteiger partial charge is 0.143 e. The fourth-order valence-corrected chi connectivity index (χ4v) is 1.06. The zero-order valence-electron chi connectivity index (χ0n) is 5.43. The highest BCUT2D eigenvalue weighted by atomic mass is 79.9. The quantitative estimate of drug-likeness (QED) is 0.619. The van der Waals surface area contributed by atoms with Crippen LogP contribution < -0.4 is 0 Å². The van der Waals surface area contributed by atoms with E-state index in [9.17, 15) is 0 Å². The minimum Gasteiger partial charge on any atom is -0.318 e. The van der Waals surface area contributed by atoms with Gasteiger partial charge < -0.3 is 4.57 Å². The van der Waals surface area contributed by atoms with Crippen LogP contribution in [0.2, 0.25) is 0 Å². The van der Waals surface area contributed by atoms with Gasteiger partial charge in [-0.2, -0.15) is 0 Å². The molecule has 0 amide bonds.